The minimum Gasteiger partial charge on any atom is -0.366 e. The van der Waals surface area contributed by atoms with Gasteiger partial charge < -0.3 is 10.7 Å². The molecule has 5 nitrogen and oxygen atoms in total. The summed E-state index contributed by atoms with van der Waals surface area (Å²) in [5, 5.41) is 0.365. The topological polar surface area (TPSA) is 75.0 Å². The average molecular weight is 401 g/mol. The number of nitrogens with zero attached hydrogens (tertiary/aromatic N) is 2. The molecule has 0 aliphatic carbocycles. The van der Waals surface area contributed by atoms with Crippen LogP contribution in [0.25, 0.3) is 22.4 Å². The first kappa shape index (κ1) is 18.9. The monoisotopic (exact) mass is 400 g/mol. The standard InChI is InChI=1S/C21H22ClFN4O/c1-2-27-8-4-3-5-18(27)12-6-7-14(16(23)9-12)21-25-17-11-13(22)10-15(20(24)28)19(17)26-21/h6-7,9-11,18H,2-5,8H2,1H3,(H2,24,28)(H,25,26). The summed E-state index contributed by atoms with van der Waals surface area (Å²) in [6, 6.07) is 8.68. The van der Waals surface area contributed by atoms with Gasteiger partial charge >= 0.3 is 0 Å². The second-order valence-electron chi connectivity index (χ2n) is 7.18. The first-order chi connectivity index (χ1) is 13.5. The van der Waals surface area contributed by atoms with E-state index >= 15 is 0 Å². The van der Waals surface area contributed by atoms with Crippen molar-refractivity contribution in [3.05, 3.63) is 52.3 Å². The molecule has 28 heavy (non-hydrogen) atoms. The summed E-state index contributed by atoms with van der Waals surface area (Å²) in [5.74, 6) is -0.622. The van der Waals surface area contributed by atoms with Gasteiger partial charge in [-0.15, -0.1) is 0 Å². The molecule has 1 aliphatic rings. The molecule has 1 aliphatic heterocycles. The van der Waals surface area contributed by atoms with E-state index in [-0.39, 0.29) is 17.4 Å². The van der Waals surface area contributed by atoms with Gasteiger partial charge in [0.05, 0.1) is 16.6 Å². The third-order valence-electron chi connectivity index (χ3n) is 5.47. The minimum absolute atomic E-state index is 0.211. The molecular weight excluding hydrogens is 379 g/mol. The lowest BCUT2D eigenvalue weighted by molar-refractivity contribution is 0.100. The molecule has 0 spiro atoms. The SMILES string of the molecule is CCN1CCCCC1c1ccc(-c2nc3c(C(N)=O)cc(Cl)cc3[nH]2)c(F)c1. The van der Waals surface area contributed by atoms with Gasteiger partial charge in [0, 0.05) is 11.1 Å². The highest BCUT2D eigenvalue weighted by atomic mass is 35.5. The van der Waals surface area contributed by atoms with Crippen molar-refractivity contribution in [3.63, 3.8) is 0 Å². The van der Waals surface area contributed by atoms with Crippen LogP contribution in [-0.2, 0) is 0 Å². The number of carbonyl (C=O) groups is 1. The van der Waals surface area contributed by atoms with Crippen LogP contribution in [0.15, 0.2) is 30.3 Å². The predicted molar refractivity (Wildman–Crippen MR) is 109 cm³/mol. The van der Waals surface area contributed by atoms with E-state index < -0.39 is 5.91 Å². The number of amides is 1. The van der Waals surface area contributed by atoms with Crippen molar-refractivity contribution in [1.29, 1.82) is 0 Å². The second-order valence-corrected chi connectivity index (χ2v) is 7.62. The molecule has 3 aromatic rings. The van der Waals surface area contributed by atoms with E-state index in [4.69, 9.17) is 17.3 Å². The van der Waals surface area contributed by atoms with Crippen LogP contribution in [0.3, 0.4) is 0 Å². The summed E-state index contributed by atoms with van der Waals surface area (Å²) in [7, 11) is 0. The molecule has 2 aromatic carbocycles. The lowest BCUT2D eigenvalue weighted by Gasteiger charge is -2.35. The zero-order valence-corrected chi connectivity index (χ0v) is 16.4. The molecule has 0 bridgehead atoms. The minimum atomic E-state index is -0.627. The molecule has 3 N–H and O–H groups in total. The first-order valence-corrected chi connectivity index (χ1v) is 9.88. The summed E-state index contributed by atoms with van der Waals surface area (Å²) in [4.78, 5) is 21.5. The Morgan fingerprint density at radius 1 is 1.36 bits per heavy atom. The maximum Gasteiger partial charge on any atom is 0.251 e. The summed E-state index contributed by atoms with van der Waals surface area (Å²) in [5.41, 5.74) is 7.91. The van der Waals surface area contributed by atoms with Crippen LogP contribution < -0.4 is 5.73 Å². The van der Waals surface area contributed by atoms with Crippen LogP contribution in [0.4, 0.5) is 4.39 Å². The van der Waals surface area contributed by atoms with E-state index in [1.165, 1.54) is 12.5 Å². The smallest absolute Gasteiger partial charge is 0.251 e. The maximum absolute atomic E-state index is 15.0. The molecule has 1 aromatic heterocycles. The van der Waals surface area contributed by atoms with Gasteiger partial charge in [0.25, 0.3) is 5.91 Å². The number of aromatic nitrogens is 2. The van der Waals surface area contributed by atoms with E-state index in [1.807, 2.05) is 6.07 Å². The van der Waals surface area contributed by atoms with Gasteiger partial charge in [-0.25, -0.2) is 9.37 Å². The number of hydrogen-bond acceptors (Lipinski definition) is 3. The van der Waals surface area contributed by atoms with E-state index in [9.17, 15) is 9.18 Å². The van der Waals surface area contributed by atoms with Crippen molar-refractivity contribution in [2.45, 2.75) is 32.2 Å². The quantitative estimate of drug-likeness (QED) is 0.668. The highest BCUT2D eigenvalue weighted by molar-refractivity contribution is 6.32. The third-order valence-corrected chi connectivity index (χ3v) is 5.69. The number of rotatable bonds is 4. The maximum atomic E-state index is 15.0. The van der Waals surface area contributed by atoms with Crippen molar-refractivity contribution in [2.75, 3.05) is 13.1 Å². The molecule has 1 fully saturated rings. The lowest BCUT2D eigenvalue weighted by atomic mass is 9.94. The van der Waals surface area contributed by atoms with Crippen molar-refractivity contribution in [2.24, 2.45) is 5.73 Å². The molecular formula is C21H22ClFN4O. The number of benzene rings is 2. The fourth-order valence-electron chi connectivity index (χ4n) is 4.08. The van der Waals surface area contributed by atoms with Crippen molar-refractivity contribution in [3.8, 4) is 11.4 Å². The molecule has 0 saturated carbocycles. The van der Waals surface area contributed by atoms with E-state index in [2.05, 4.69) is 21.8 Å². The normalized spacial score (nSPS) is 17.9. The fraction of sp³-hybridized carbons (Fsp3) is 0.333. The molecule has 1 unspecified atom stereocenters. The predicted octanol–water partition coefficient (Wildman–Crippen LogP) is 4.67. The molecule has 7 heteroatoms. The van der Waals surface area contributed by atoms with E-state index in [0.29, 0.717) is 27.4 Å². The molecule has 146 valence electrons. The second kappa shape index (κ2) is 7.53. The highest BCUT2D eigenvalue weighted by Gasteiger charge is 2.24. The van der Waals surface area contributed by atoms with Crippen molar-refractivity contribution >= 4 is 28.5 Å². The number of nitrogens with two attached hydrogens (primary N) is 1. The van der Waals surface area contributed by atoms with Gasteiger partial charge in [0.2, 0.25) is 0 Å². The zero-order chi connectivity index (χ0) is 19.8. The fourth-order valence-corrected chi connectivity index (χ4v) is 4.29. The van der Waals surface area contributed by atoms with Gasteiger partial charge in [-0.05, 0) is 55.8 Å². The first-order valence-electron chi connectivity index (χ1n) is 9.51. The van der Waals surface area contributed by atoms with Gasteiger partial charge in [-0.2, -0.15) is 0 Å². The van der Waals surface area contributed by atoms with Crippen LogP contribution in [0.5, 0.6) is 0 Å². The van der Waals surface area contributed by atoms with Crippen LogP contribution in [-0.4, -0.2) is 33.9 Å². The number of primary amides is 1. The number of H-pyrrole nitrogens is 1. The summed E-state index contributed by atoms with van der Waals surface area (Å²) >= 11 is 6.05. The Balaban J connectivity index is 1.74. The summed E-state index contributed by atoms with van der Waals surface area (Å²) in [6.07, 6.45) is 3.39. The number of imidazole rings is 1. The molecule has 1 atom stereocenters. The number of fused-ring (bicyclic) bond motifs is 1. The average Bonchev–Trinajstić information content (AvgIpc) is 3.10. The Kier molecular flexibility index (Phi) is 5.08. The largest absolute Gasteiger partial charge is 0.366 e. The van der Waals surface area contributed by atoms with E-state index in [0.717, 1.165) is 31.5 Å². The molecule has 2 heterocycles. The van der Waals surface area contributed by atoms with Crippen molar-refractivity contribution in [1.82, 2.24) is 14.9 Å². The molecule has 0 radical (unpaired) electrons. The number of nitrogens with one attached hydrogen (secondary N) is 1. The Bertz CT molecular complexity index is 1050. The zero-order valence-electron chi connectivity index (χ0n) is 15.6. The van der Waals surface area contributed by atoms with Gasteiger partial charge in [-0.3, -0.25) is 9.69 Å². The van der Waals surface area contributed by atoms with Gasteiger partial charge in [0.15, 0.2) is 0 Å². The number of likely N-dealkylation sites (tertiary alicyclic amines) is 1. The molecule has 1 amide bonds. The molecule has 4 rings (SSSR count). The summed E-state index contributed by atoms with van der Waals surface area (Å²) < 4.78 is 15.0. The lowest BCUT2D eigenvalue weighted by Crippen LogP contribution is -2.33. The van der Waals surface area contributed by atoms with Gasteiger partial charge in [-0.1, -0.05) is 31.0 Å². The number of hydrogen-bond donors (Lipinski definition) is 2. The number of piperidine rings is 1. The van der Waals surface area contributed by atoms with Gasteiger partial charge in [0.1, 0.15) is 17.2 Å². The Labute approximate surface area is 167 Å². The summed E-state index contributed by atoms with van der Waals surface area (Å²) in [6.45, 7) is 4.14. The number of aromatic amines is 1. The van der Waals surface area contributed by atoms with Crippen LogP contribution >= 0.6 is 11.6 Å². The Morgan fingerprint density at radius 2 is 2.18 bits per heavy atom. The Hall–Kier alpha value is -2.44. The molecule has 1 saturated heterocycles. The van der Waals surface area contributed by atoms with Crippen LogP contribution in [0.1, 0.15) is 48.1 Å². The number of halogens is 2. The van der Waals surface area contributed by atoms with Crippen LogP contribution in [0.2, 0.25) is 5.02 Å². The van der Waals surface area contributed by atoms with Crippen LogP contribution in [0, 0.1) is 5.82 Å². The highest BCUT2D eigenvalue weighted by Crippen LogP contribution is 2.33. The van der Waals surface area contributed by atoms with E-state index in [1.54, 1.807) is 18.2 Å². The van der Waals surface area contributed by atoms with Crippen molar-refractivity contribution < 1.29 is 9.18 Å². The Morgan fingerprint density at radius 3 is 2.89 bits per heavy atom. The third kappa shape index (κ3) is 3.38. The number of carbonyl (C=O) groups excluding carboxylic acids is 1.